The van der Waals surface area contributed by atoms with E-state index in [4.69, 9.17) is 10.5 Å². The summed E-state index contributed by atoms with van der Waals surface area (Å²) in [5, 5.41) is 0. The molecule has 0 atom stereocenters. The van der Waals surface area contributed by atoms with Crippen molar-refractivity contribution in [3.63, 3.8) is 0 Å². The lowest BCUT2D eigenvalue weighted by Gasteiger charge is -2.37. The fourth-order valence-corrected chi connectivity index (χ4v) is 2.33. The molecule has 0 bridgehead atoms. The van der Waals surface area contributed by atoms with Gasteiger partial charge in [0.05, 0.1) is 7.11 Å². The predicted octanol–water partition coefficient (Wildman–Crippen LogP) is 2.22. The molecule has 3 nitrogen and oxygen atoms in total. The van der Waals surface area contributed by atoms with Gasteiger partial charge in [-0.1, -0.05) is 12.1 Å². The molecule has 98 valence electrons. The molecule has 1 aromatic rings. The third-order valence-corrected chi connectivity index (χ3v) is 3.55. The van der Waals surface area contributed by atoms with Gasteiger partial charge in [0.2, 0.25) is 0 Å². The SMILES string of the molecule is COc1cccc(CC(=O)CC2(N)CCC2)c1F. The van der Waals surface area contributed by atoms with Gasteiger partial charge in [-0.15, -0.1) is 0 Å². The number of ketones is 1. The Morgan fingerprint density at radius 3 is 2.78 bits per heavy atom. The number of carbonyl (C=O) groups is 1. The Labute approximate surface area is 106 Å². The summed E-state index contributed by atoms with van der Waals surface area (Å²) in [6.45, 7) is 0. The normalized spacial score (nSPS) is 17.1. The maximum atomic E-state index is 13.9. The van der Waals surface area contributed by atoms with Gasteiger partial charge in [0.1, 0.15) is 5.78 Å². The molecule has 2 rings (SSSR count). The lowest BCUT2D eigenvalue weighted by atomic mass is 9.74. The van der Waals surface area contributed by atoms with E-state index in [0.717, 1.165) is 19.3 Å². The van der Waals surface area contributed by atoms with E-state index in [1.807, 2.05) is 0 Å². The number of carbonyl (C=O) groups excluding carboxylic acids is 1. The van der Waals surface area contributed by atoms with E-state index in [1.54, 1.807) is 18.2 Å². The van der Waals surface area contributed by atoms with Crippen LogP contribution in [0.2, 0.25) is 0 Å². The van der Waals surface area contributed by atoms with Gasteiger partial charge in [0.25, 0.3) is 0 Å². The third kappa shape index (κ3) is 2.70. The van der Waals surface area contributed by atoms with Crippen LogP contribution in [-0.2, 0) is 11.2 Å². The summed E-state index contributed by atoms with van der Waals surface area (Å²) in [5.41, 5.74) is 6.05. The van der Waals surface area contributed by atoms with Crippen LogP contribution >= 0.6 is 0 Å². The van der Waals surface area contributed by atoms with Crippen LogP contribution in [-0.4, -0.2) is 18.4 Å². The van der Waals surface area contributed by atoms with E-state index in [9.17, 15) is 9.18 Å². The van der Waals surface area contributed by atoms with Gasteiger partial charge in [-0.25, -0.2) is 4.39 Å². The summed E-state index contributed by atoms with van der Waals surface area (Å²) in [7, 11) is 1.41. The van der Waals surface area contributed by atoms with Crippen LogP contribution in [0.4, 0.5) is 4.39 Å². The first kappa shape index (κ1) is 13.0. The number of methoxy groups -OCH3 is 1. The quantitative estimate of drug-likeness (QED) is 0.873. The predicted molar refractivity (Wildman–Crippen MR) is 67.0 cm³/mol. The fourth-order valence-electron chi connectivity index (χ4n) is 2.33. The van der Waals surface area contributed by atoms with Gasteiger partial charge in [-0.3, -0.25) is 4.79 Å². The maximum absolute atomic E-state index is 13.9. The molecule has 0 heterocycles. The number of halogens is 1. The summed E-state index contributed by atoms with van der Waals surface area (Å²) in [4.78, 5) is 11.9. The summed E-state index contributed by atoms with van der Waals surface area (Å²) in [5.74, 6) is -0.288. The molecule has 1 saturated carbocycles. The standard InChI is InChI=1S/C14H18FNO2/c1-18-12-5-2-4-10(13(12)15)8-11(17)9-14(16)6-3-7-14/h2,4-5H,3,6-9,16H2,1H3. The van der Waals surface area contributed by atoms with Gasteiger partial charge in [-0.05, 0) is 30.9 Å². The molecule has 0 saturated heterocycles. The zero-order chi connectivity index (χ0) is 13.2. The molecule has 18 heavy (non-hydrogen) atoms. The van der Waals surface area contributed by atoms with Crippen molar-refractivity contribution in [3.05, 3.63) is 29.6 Å². The molecular weight excluding hydrogens is 233 g/mol. The summed E-state index contributed by atoms with van der Waals surface area (Å²) < 4.78 is 18.7. The number of benzene rings is 1. The Morgan fingerprint density at radius 1 is 1.50 bits per heavy atom. The first-order valence-electron chi connectivity index (χ1n) is 6.16. The molecular formula is C14H18FNO2. The highest BCUT2D eigenvalue weighted by Gasteiger charge is 2.34. The monoisotopic (exact) mass is 251 g/mol. The molecule has 0 aliphatic heterocycles. The van der Waals surface area contributed by atoms with Crippen molar-refractivity contribution in [2.45, 2.75) is 37.6 Å². The zero-order valence-corrected chi connectivity index (χ0v) is 10.5. The lowest BCUT2D eigenvalue weighted by Crippen LogP contribution is -2.48. The lowest BCUT2D eigenvalue weighted by molar-refractivity contribution is -0.120. The van der Waals surface area contributed by atoms with E-state index < -0.39 is 5.82 Å². The molecule has 0 aromatic heterocycles. The Morgan fingerprint density at radius 2 is 2.22 bits per heavy atom. The van der Waals surface area contributed by atoms with E-state index in [1.165, 1.54) is 7.11 Å². The number of ether oxygens (including phenoxy) is 1. The highest BCUT2D eigenvalue weighted by Crippen LogP contribution is 2.32. The summed E-state index contributed by atoms with van der Waals surface area (Å²) >= 11 is 0. The van der Waals surface area contributed by atoms with Gasteiger partial charge < -0.3 is 10.5 Å². The third-order valence-electron chi connectivity index (χ3n) is 3.55. The Hall–Kier alpha value is -1.42. The smallest absolute Gasteiger partial charge is 0.168 e. The minimum Gasteiger partial charge on any atom is -0.494 e. The molecule has 2 N–H and O–H groups in total. The molecule has 1 fully saturated rings. The van der Waals surface area contributed by atoms with Crippen molar-refractivity contribution in [3.8, 4) is 5.75 Å². The van der Waals surface area contributed by atoms with E-state index in [0.29, 0.717) is 12.0 Å². The van der Waals surface area contributed by atoms with Gasteiger partial charge in [0, 0.05) is 18.4 Å². The Balaban J connectivity index is 2.02. The molecule has 0 unspecified atom stereocenters. The van der Waals surface area contributed by atoms with E-state index in [2.05, 4.69) is 0 Å². The second-order valence-electron chi connectivity index (χ2n) is 5.04. The largest absolute Gasteiger partial charge is 0.494 e. The van der Waals surface area contributed by atoms with Crippen molar-refractivity contribution < 1.29 is 13.9 Å². The Kier molecular flexibility index (Phi) is 3.66. The number of nitrogens with two attached hydrogens (primary N) is 1. The summed E-state index contributed by atoms with van der Waals surface area (Å²) in [6.07, 6.45) is 3.28. The molecule has 0 amide bonds. The molecule has 0 radical (unpaired) electrons. The average Bonchev–Trinajstić information content (AvgIpc) is 2.30. The van der Waals surface area contributed by atoms with Crippen molar-refractivity contribution in [2.24, 2.45) is 5.73 Å². The fraction of sp³-hybridized carbons (Fsp3) is 0.500. The van der Waals surface area contributed by atoms with E-state index in [-0.39, 0.29) is 23.5 Å². The van der Waals surface area contributed by atoms with Crippen LogP contribution in [0.25, 0.3) is 0 Å². The molecule has 4 heteroatoms. The van der Waals surface area contributed by atoms with Crippen molar-refractivity contribution >= 4 is 5.78 Å². The van der Waals surface area contributed by atoms with Crippen LogP contribution in [0.15, 0.2) is 18.2 Å². The number of rotatable bonds is 5. The molecule has 0 spiro atoms. The zero-order valence-electron chi connectivity index (χ0n) is 10.5. The molecule has 1 aliphatic rings. The minimum absolute atomic E-state index is 0.00986. The van der Waals surface area contributed by atoms with Crippen molar-refractivity contribution in [1.29, 1.82) is 0 Å². The summed E-state index contributed by atoms with van der Waals surface area (Å²) in [6, 6.07) is 4.84. The maximum Gasteiger partial charge on any atom is 0.168 e. The van der Waals surface area contributed by atoms with Crippen LogP contribution in [0.5, 0.6) is 5.75 Å². The second kappa shape index (κ2) is 5.06. The number of Topliss-reactive ketones (excluding diaryl/α,β-unsaturated/α-hetero) is 1. The van der Waals surface area contributed by atoms with Crippen LogP contribution < -0.4 is 10.5 Å². The number of hydrogen-bond donors (Lipinski definition) is 1. The van der Waals surface area contributed by atoms with Crippen LogP contribution in [0, 0.1) is 5.82 Å². The highest BCUT2D eigenvalue weighted by atomic mass is 19.1. The average molecular weight is 251 g/mol. The van der Waals surface area contributed by atoms with Crippen LogP contribution in [0.3, 0.4) is 0 Å². The van der Waals surface area contributed by atoms with Crippen LogP contribution in [0.1, 0.15) is 31.2 Å². The molecule has 1 aromatic carbocycles. The van der Waals surface area contributed by atoms with E-state index >= 15 is 0 Å². The minimum atomic E-state index is -0.451. The first-order chi connectivity index (χ1) is 8.54. The first-order valence-corrected chi connectivity index (χ1v) is 6.16. The highest BCUT2D eigenvalue weighted by molar-refractivity contribution is 5.82. The van der Waals surface area contributed by atoms with Gasteiger partial charge >= 0.3 is 0 Å². The van der Waals surface area contributed by atoms with Gasteiger partial charge in [-0.2, -0.15) is 0 Å². The second-order valence-corrected chi connectivity index (χ2v) is 5.04. The Bertz CT molecular complexity index is 455. The van der Waals surface area contributed by atoms with Gasteiger partial charge in [0.15, 0.2) is 11.6 Å². The number of hydrogen-bond acceptors (Lipinski definition) is 3. The van der Waals surface area contributed by atoms with Crippen molar-refractivity contribution in [1.82, 2.24) is 0 Å². The van der Waals surface area contributed by atoms with Crippen molar-refractivity contribution in [2.75, 3.05) is 7.11 Å². The molecule has 1 aliphatic carbocycles. The topological polar surface area (TPSA) is 52.3 Å².